The number of hydrogen-bond donors (Lipinski definition) is 1. The van der Waals surface area contributed by atoms with E-state index in [0.717, 1.165) is 11.4 Å². The molecule has 1 aromatic carbocycles. The minimum absolute atomic E-state index is 0.342. The highest BCUT2D eigenvalue weighted by atomic mass is 15.1. The van der Waals surface area contributed by atoms with Crippen molar-refractivity contribution in [1.29, 1.82) is 5.26 Å². The first kappa shape index (κ1) is 11.9. The zero-order valence-corrected chi connectivity index (χ0v) is 10.3. The molecular weight excluding hydrogens is 226 g/mol. The Balaban J connectivity index is 2.31. The van der Waals surface area contributed by atoms with Crippen LogP contribution in [0.15, 0.2) is 36.5 Å². The molecule has 18 heavy (non-hydrogen) atoms. The smallest absolute Gasteiger partial charge is 0.228 e. The number of hydrogen-bond acceptors (Lipinski definition) is 5. The molecule has 0 bridgehead atoms. The molecule has 0 aliphatic carbocycles. The van der Waals surface area contributed by atoms with E-state index in [1.54, 1.807) is 12.3 Å². The SMILES string of the molecule is CN(C)c1ccccc1Nc1nccc(C#N)n1. The van der Waals surface area contributed by atoms with Gasteiger partial charge >= 0.3 is 0 Å². The van der Waals surface area contributed by atoms with Crippen LogP contribution < -0.4 is 10.2 Å². The van der Waals surface area contributed by atoms with Gasteiger partial charge in [0, 0.05) is 20.3 Å². The molecule has 0 aliphatic rings. The summed E-state index contributed by atoms with van der Waals surface area (Å²) in [5.41, 5.74) is 2.27. The summed E-state index contributed by atoms with van der Waals surface area (Å²) < 4.78 is 0. The van der Waals surface area contributed by atoms with Gasteiger partial charge in [0.15, 0.2) is 0 Å². The number of rotatable bonds is 3. The van der Waals surface area contributed by atoms with Crippen LogP contribution in [0, 0.1) is 11.3 Å². The van der Waals surface area contributed by atoms with Crippen molar-refractivity contribution in [3.8, 4) is 6.07 Å². The average molecular weight is 239 g/mol. The molecule has 90 valence electrons. The third-order valence-electron chi connectivity index (χ3n) is 2.40. The lowest BCUT2D eigenvalue weighted by Crippen LogP contribution is -2.11. The minimum Gasteiger partial charge on any atom is -0.376 e. The Labute approximate surface area is 106 Å². The van der Waals surface area contributed by atoms with E-state index in [0.29, 0.717) is 11.6 Å². The molecular formula is C13H13N5. The number of anilines is 3. The topological polar surface area (TPSA) is 64.8 Å². The lowest BCUT2D eigenvalue weighted by Gasteiger charge is -2.17. The Morgan fingerprint density at radius 1 is 1.22 bits per heavy atom. The van der Waals surface area contributed by atoms with Gasteiger partial charge in [-0.1, -0.05) is 12.1 Å². The summed E-state index contributed by atoms with van der Waals surface area (Å²) in [6.07, 6.45) is 1.56. The molecule has 0 amide bonds. The molecule has 0 spiro atoms. The molecule has 5 nitrogen and oxygen atoms in total. The highest BCUT2D eigenvalue weighted by molar-refractivity contribution is 5.72. The molecule has 0 saturated heterocycles. The van der Waals surface area contributed by atoms with Gasteiger partial charge in [0.2, 0.25) is 5.95 Å². The van der Waals surface area contributed by atoms with Crippen molar-refractivity contribution < 1.29 is 0 Å². The number of para-hydroxylation sites is 2. The molecule has 0 atom stereocenters. The van der Waals surface area contributed by atoms with Gasteiger partial charge in [-0.25, -0.2) is 9.97 Å². The summed E-state index contributed by atoms with van der Waals surface area (Å²) in [4.78, 5) is 10.2. The molecule has 1 heterocycles. The van der Waals surface area contributed by atoms with Crippen LogP contribution in [-0.4, -0.2) is 24.1 Å². The summed E-state index contributed by atoms with van der Waals surface area (Å²) >= 11 is 0. The Bertz CT molecular complexity index is 586. The fourth-order valence-corrected chi connectivity index (χ4v) is 1.57. The second-order valence-electron chi connectivity index (χ2n) is 3.91. The fourth-order valence-electron chi connectivity index (χ4n) is 1.57. The van der Waals surface area contributed by atoms with Crippen LogP contribution in [0.5, 0.6) is 0 Å². The van der Waals surface area contributed by atoms with E-state index in [9.17, 15) is 0 Å². The molecule has 2 aromatic rings. The van der Waals surface area contributed by atoms with Crippen LogP contribution in [-0.2, 0) is 0 Å². The summed E-state index contributed by atoms with van der Waals surface area (Å²) in [5.74, 6) is 0.420. The molecule has 2 rings (SSSR count). The lowest BCUT2D eigenvalue weighted by atomic mass is 10.2. The monoisotopic (exact) mass is 239 g/mol. The van der Waals surface area contributed by atoms with E-state index >= 15 is 0 Å². The molecule has 0 aliphatic heterocycles. The maximum atomic E-state index is 8.79. The van der Waals surface area contributed by atoms with Crippen molar-refractivity contribution in [2.45, 2.75) is 0 Å². The highest BCUT2D eigenvalue weighted by Crippen LogP contribution is 2.25. The summed E-state index contributed by atoms with van der Waals surface area (Å²) in [6.45, 7) is 0. The van der Waals surface area contributed by atoms with Gasteiger partial charge in [-0.15, -0.1) is 0 Å². The fraction of sp³-hybridized carbons (Fsp3) is 0.154. The molecule has 1 aromatic heterocycles. The molecule has 1 N–H and O–H groups in total. The van der Waals surface area contributed by atoms with Gasteiger partial charge in [0.25, 0.3) is 0 Å². The van der Waals surface area contributed by atoms with Gasteiger partial charge in [-0.3, -0.25) is 0 Å². The van der Waals surface area contributed by atoms with Crippen molar-refractivity contribution in [1.82, 2.24) is 9.97 Å². The van der Waals surface area contributed by atoms with Gasteiger partial charge < -0.3 is 10.2 Å². The summed E-state index contributed by atoms with van der Waals surface area (Å²) in [5, 5.41) is 11.9. The summed E-state index contributed by atoms with van der Waals surface area (Å²) in [6, 6.07) is 11.4. The minimum atomic E-state index is 0.342. The maximum Gasteiger partial charge on any atom is 0.228 e. The van der Waals surface area contributed by atoms with Crippen molar-refractivity contribution >= 4 is 17.3 Å². The van der Waals surface area contributed by atoms with Crippen molar-refractivity contribution in [3.63, 3.8) is 0 Å². The largest absolute Gasteiger partial charge is 0.376 e. The molecule has 0 radical (unpaired) electrons. The predicted octanol–water partition coefficient (Wildman–Crippen LogP) is 2.16. The standard InChI is InChI=1S/C13H13N5/c1-18(2)12-6-4-3-5-11(12)17-13-15-8-7-10(9-14)16-13/h3-8H,1-2H3,(H,15,16,17). The van der Waals surface area contributed by atoms with Crippen LogP contribution in [0.4, 0.5) is 17.3 Å². The summed E-state index contributed by atoms with van der Waals surface area (Å²) in [7, 11) is 3.93. The van der Waals surface area contributed by atoms with Crippen LogP contribution >= 0.6 is 0 Å². The van der Waals surface area contributed by atoms with Crippen LogP contribution in [0.2, 0.25) is 0 Å². The number of nitrogens with one attached hydrogen (secondary N) is 1. The molecule has 0 unspecified atom stereocenters. The Morgan fingerprint density at radius 3 is 2.72 bits per heavy atom. The van der Waals surface area contributed by atoms with Gasteiger partial charge in [0.1, 0.15) is 11.8 Å². The third-order valence-corrected chi connectivity index (χ3v) is 2.40. The van der Waals surface area contributed by atoms with E-state index in [2.05, 4.69) is 15.3 Å². The van der Waals surface area contributed by atoms with Crippen molar-refractivity contribution in [3.05, 3.63) is 42.2 Å². The van der Waals surface area contributed by atoms with Crippen LogP contribution in [0.3, 0.4) is 0 Å². The van der Waals surface area contributed by atoms with Gasteiger partial charge in [-0.2, -0.15) is 5.26 Å². The first-order valence-electron chi connectivity index (χ1n) is 5.47. The normalized spacial score (nSPS) is 9.61. The third kappa shape index (κ3) is 2.55. The van der Waals surface area contributed by atoms with Crippen LogP contribution in [0.1, 0.15) is 5.69 Å². The number of nitrogens with zero attached hydrogens (tertiary/aromatic N) is 4. The maximum absolute atomic E-state index is 8.79. The van der Waals surface area contributed by atoms with Crippen LogP contribution in [0.25, 0.3) is 0 Å². The number of benzene rings is 1. The van der Waals surface area contributed by atoms with Gasteiger partial charge in [0.05, 0.1) is 11.4 Å². The predicted molar refractivity (Wildman–Crippen MR) is 70.8 cm³/mol. The van der Waals surface area contributed by atoms with E-state index < -0.39 is 0 Å². The Hall–Kier alpha value is -2.61. The average Bonchev–Trinajstić information content (AvgIpc) is 2.39. The zero-order chi connectivity index (χ0) is 13.0. The lowest BCUT2D eigenvalue weighted by molar-refractivity contribution is 1.11. The van der Waals surface area contributed by atoms with Crippen molar-refractivity contribution in [2.24, 2.45) is 0 Å². The first-order chi connectivity index (χ1) is 8.70. The van der Waals surface area contributed by atoms with E-state index in [1.807, 2.05) is 49.3 Å². The van der Waals surface area contributed by atoms with Crippen molar-refractivity contribution in [2.75, 3.05) is 24.3 Å². The van der Waals surface area contributed by atoms with Gasteiger partial charge in [-0.05, 0) is 18.2 Å². The zero-order valence-electron chi connectivity index (χ0n) is 10.3. The molecule has 0 fully saturated rings. The molecule has 0 saturated carbocycles. The molecule has 5 heteroatoms. The second kappa shape index (κ2) is 5.15. The first-order valence-corrected chi connectivity index (χ1v) is 5.47. The highest BCUT2D eigenvalue weighted by Gasteiger charge is 2.05. The quantitative estimate of drug-likeness (QED) is 0.889. The number of aromatic nitrogens is 2. The van der Waals surface area contributed by atoms with E-state index in [1.165, 1.54) is 0 Å². The van der Waals surface area contributed by atoms with E-state index in [-0.39, 0.29) is 0 Å². The second-order valence-corrected chi connectivity index (χ2v) is 3.91. The Morgan fingerprint density at radius 2 is 2.00 bits per heavy atom. The Kier molecular flexibility index (Phi) is 3.39. The number of nitriles is 1. The van der Waals surface area contributed by atoms with E-state index in [4.69, 9.17) is 5.26 Å².